The van der Waals surface area contributed by atoms with Crippen LogP contribution >= 0.6 is 0 Å². The van der Waals surface area contributed by atoms with Crippen LogP contribution in [0.15, 0.2) is 33.9 Å². The summed E-state index contributed by atoms with van der Waals surface area (Å²) in [5.74, 6) is -0.0996. The summed E-state index contributed by atoms with van der Waals surface area (Å²) in [5, 5.41) is 2.90. The van der Waals surface area contributed by atoms with E-state index in [2.05, 4.69) is 32.3 Å². The van der Waals surface area contributed by atoms with Gasteiger partial charge < -0.3 is 15.2 Å². The van der Waals surface area contributed by atoms with E-state index in [-0.39, 0.29) is 12.3 Å². The van der Waals surface area contributed by atoms with Crippen molar-refractivity contribution in [2.45, 2.75) is 26.2 Å². The average molecular weight is 342 g/mol. The molecule has 0 spiro atoms. The number of hydrogen-bond donors (Lipinski definition) is 3. The zero-order valence-corrected chi connectivity index (χ0v) is 14.2. The first kappa shape index (κ1) is 17.0. The van der Waals surface area contributed by atoms with Gasteiger partial charge >= 0.3 is 5.69 Å². The minimum atomic E-state index is -0.526. The zero-order valence-electron chi connectivity index (χ0n) is 14.2. The Morgan fingerprint density at radius 2 is 2.04 bits per heavy atom. The Labute approximate surface area is 145 Å². The number of hydrogen-bond acceptors (Lipinski definition) is 4. The van der Waals surface area contributed by atoms with E-state index in [1.165, 1.54) is 11.3 Å². The van der Waals surface area contributed by atoms with Crippen molar-refractivity contribution in [2.24, 2.45) is 0 Å². The molecule has 0 aliphatic carbocycles. The van der Waals surface area contributed by atoms with Crippen LogP contribution in [0.3, 0.4) is 0 Å². The third-order valence-electron chi connectivity index (χ3n) is 4.54. The lowest BCUT2D eigenvalue weighted by Crippen LogP contribution is -2.34. The van der Waals surface area contributed by atoms with Gasteiger partial charge in [0.1, 0.15) is 0 Å². The number of aromatic nitrogens is 2. The van der Waals surface area contributed by atoms with Crippen molar-refractivity contribution in [2.75, 3.05) is 24.5 Å². The molecular formula is C18H22N4O3. The summed E-state index contributed by atoms with van der Waals surface area (Å²) < 4.78 is 0. The molecule has 0 radical (unpaired) electrons. The maximum absolute atomic E-state index is 12.0. The van der Waals surface area contributed by atoms with Crippen molar-refractivity contribution in [1.82, 2.24) is 15.3 Å². The molecule has 2 heterocycles. The van der Waals surface area contributed by atoms with Gasteiger partial charge in [0, 0.05) is 43.0 Å². The zero-order chi connectivity index (χ0) is 17.8. The van der Waals surface area contributed by atoms with Crippen LogP contribution in [-0.2, 0) is 17.6 Å². The van der Waals surface area contributed by atoms with E-state index in [9.17, 15) is 14.4 Å². The molecule has 1 aliphatic rings. The summed E-state index contributed by atoms with van der Waals surface area (Å²) >= 11 is 0. The van der Waals surface area contributed by atoms with Crippen LogP contribution in [0.5, 0.6) is 0 Å². The highest BCUT2D eigenvalue weighted by Gasteiger charge is 2.17. The first-order chi connectivity index (χ1) is 12.0. The number of nitrogens with one attached hydrogen (secondary N) is 3. The number of amides is 1. The number of aromatic amines is 2. The Bertz CT molecular complexity index is 884. The molecule has 3 N–H and O–H groups in total. The lowest BCUT2D eigenvalue weighted by atomic mass is 10.1. The number of fused-ring (bicyclic) bond motifs is 1. The molecule has 0 bridgehead atoms. The topological polar surface area (TPSA) is 98.1 Å². The molecule has 0 atom stereocenters. The normalized spacial score (nSPS) is 12.9. The second-order valence-corrected chi connectivity index (χ2v) is 6.23. The van der Waals surface area contributed by atoms with E-state index in [4.69, 9.17) is 0 Å². The molecule has 0 fully saturated rings. The van der Waals surface area contributed by atoms with Gasteiger partial charge in [0.25, 0.3) is 5.56 Å². The summed E-state index contributed by atoms with van der Waals surface area (Å²) in [4.78, 5) is 41.9. The third-order valence-corrected chi connectivity index (χ3v) is 4.54. The Morgan fingerprint density at radius 3 is 2.84 bits per heavy atom. The Hall–Kier alpha value is -2.83. The van der Waals surface area contributed by atoms with Crippen molar-refractivity contribution in [3.8, 4) is 0 Å². The van der Waals surface area contributed by atoms with Gasteiger partial charge in [0.05, 0.1) is 0 Å². The molecule has 3 rings (SSSR count). The molecule has 1 amide bonds. The van der Waals surface area contributed by atoms with Crippen LogP contribution in [0.25, 0.3) is 0 Å². The molecule has 1 aliphatic heterocycles. The van der Waals surface area contributed by atoms with Crippen molar-refractivity contribution >= 4 is 11.6 Å². The maximum atomic E-state index is 12.0. The molecule has 132 valence electrons. The SMILES string of the molecule is Cc1[nH]c(=O)[nH]c(=O)c1CCC(=O)NCCN1CCc2ccccc21. The number of anilines is 1. The van der Waals surface area contributed by atoms with E-state index in [1.54, 1.807) is 6.92 Å². The van der Waals surface area contributed by atoms with Crippen LogP contribution in [-0.4, -0.2) is 35.5 Å². The predicted molar refractivity (Wildman–Crippen MR) is 96.1 cm³/mol. The third kappa shape index (κ3) is 3.99. The summed E-state index contributed by atoms with van der Waals surface area (Å²) in [6.45, 7) is 3.96. The summed E-state index contributed by atoms with van der Waals surface area (Å²) in [6.07, 6.45) is 1.56. The summed E-state index contributed by atoms with van der Waals surface area (Å²) in [5.41, 5.74) is 2.59. The molecule has 2 aromatic rings. The van der Waals surface area contributed by atoms with Crippen LogP contribution < -0.4 is 21.5 Å². The quantitative estimate of drug-likeness (QED) is 0.711. The number of carbonyl (C=O) groups excluding carboxylic acids is 1. The molecule has 7 heteroatoms. The number of carbonyl (C=O) groups is 1. The van der Waals surface area contributed by atoms with Gasteiger partial charge in [-0.1, -0.05) is 18.2 Å². The Balaban J connectivity index is 1.47. The average Bonchev–Trinajstić information content (AvgIpc) is 2.97. The fourth-order valence-electron chi connectivity index (χ4n) is 3.22. The number of nitrogens with zero attached hydrogens (tertiary/aromatic N) is 1. The first-order valence-corrected chi connectivity index (χ1v) is 8.46. The standard InChI is InChI=1S/C18H22N4O3/c1-12-14(17(24)21-18(25)20-12)6-7-16(23)19-9-11-22-10-8-13-4-2-3-5-15(13)22/h2-5H,6-11H2,1H3,(H,19,23)(H2,20,21,24,25). The molecule has 25 heavy (non-hydrogen) atoms. The Morgan fingerprint density at radius 1 is 1.24 bits per heavy atom. The summed E-state index contributed by atoms with van der Waals surface area (Å²) in [7, 11) is 0. The smallest absolute Gasteiger partial charge is 0.325 e. The molecule has 1 aromatic heterocycles. The predicted octanol–water partition coefficient (Wildman–Crippen LogP) is 0.483. The highest BCUT2D eigenvalue weighted by Crippen LogP contribution is 2.26. The number of para-hydroxylation sites is 1. The number of aryl methyl sites for hydroxylation is 1. The van der Waals surface area contributed by atoms with Gasteiger partial charge in [0.15, 0.2) is 0 Å². The molecule has 7 nitrogen and oxygen atoms in total. The Kier molecular flexibility index (Phi) is 5.02. The highest BCUT2D eigenvalue weighted by molar-refractivity contribution is 5.76. The largest absolute Gasteiger partial charge is 0.369 e. The van der Waals surface area contributed by atoms with Crippen LogP contribution in [0.2, 0.25) is 0 Å². The van der Waals surface area contributed by atoms with Crippen LogP contribution in [0, 0.1) is 6.92 Å². The number of rotatable bonds is 6. The second-order valence-electron chi connectivity index (χ2n) is 6.23. The van der Waals surface area contributed by atoms with Gasteiger partial charge in [-0.2, -0.15) is 0 Å². The van der Waals surface area contributed by atoms with Gasteiger partial charge in [-0.05, 0) is 31.4 Å². The minimum Gasteiger partial charge on any atom is -0.369 e. The fourth-order valence-corrected chi connectivity index (χ4v) is 3.22. The van der Waals surface area contributed by atoms with E-state index in [1.807, 2.05) is 12.1 Å². The minimum absolute atomic E-state index is 0.0996. The van der Waals surface area contributed by atoms with Crippen LogP contribution in [0.1, 0.15) is 23.2 Å². The van der Waals surface area contributed by atoms with Gasteiger partial charge in [-0.15, -0.1) is 0 Å². The van der Waals surface area contributed by atoms with Crippen molar-refractivity contribution in [1.29, 1.82) is 0 Å². The lowest BCUT2D eigenvalue weighted by molar-refractivity contribution is -0.121. The monoisotopic (exact) mass is 342 g/mol. The number of H-pyrrole nitrogens is 2. The van der Waals surface area contributed by atoms with Crippen LogP contribution in [0.4, 0.5) is 5.69 Å². The first-order valence-electron chi connectivity index (χ1n) is 8.46. The molecule has 1 aromatic carbocycles. The maximum Gasteiger partial charge on any atom is 0.325 e. The fraction of sp³-hybridized carbons (Fsp3) is 0.389. The lowest BCUT2D eigenvalue weighted by Gasteiger charge is -2.19. The van der Waals surface area contributed by atoms with E-state index in [0.717, 1.165) is 19.5 Å². The van der Waals surface area contributed by atoms with E-state index < -0.39 is 11.2 Å². The highest BCUT2D eigenvalue weighted by atomic mass is 16.2. The molecule has 0 unspecified atom stereocenters. The van der Waals surface area contributed by atoms with Crippen molar-refractivity contribution in [3.05, 3.63) is 61.9 Å². The van der Waals surface area contributed by atoms with E-state index in [0.29, 0.717) is 24.2 Å². The molecular weight excluding hydrogens is 320 g/mol. The van der Waals surface area contributed by atoms with Gasteiger partial charge in [-0.3, -0.25) is 14.6 Å². The summed E-state index contributed by atoms with van der Waals surface area (Å²) in [6, 6.07) is 8.32. The number of benzene rings is 1. The molecule has 0 saturated heterocycles. The second kappa shape index (κ2) is 7.38. The van der Waals surface area contributed by atoms with Crippen molar-refractivity contribution < 1.29 is 4.79 Å². The van der Waals surface area contributed by atoms with Gasteiger partial charge in [-0.25, -0.2) is 4.79 Å². The molecule has 0 saturated carbocycles. The van der Waals surface area contributed by atoms with Crippen molar-refractivity contribution in [3.63, 3.8) is 0 Å². The van der Waals surface area contributed by atoms with Gasteiger partial charge in [0.2, 0.25) is 5.91 Å². The van der Waals surface area contributed by atoms with E-state index >= 15 is 0 Å².